The van der Waals surface area contributed by atoms with Crippen molar-refractivity contribution in [3.8, 4) is 5.75 Å². The van der Waals surface area contributed by atoms with Crippen LogP contribution in [0.4, 0.5) is 10.3 Å². The van der Waals surface area contributed by atoms with Gasteiger partial charge in [-0.05, 0) is 55.1 Å². The molecule has 1 aromatic carbocycles. The number of β-amino-alcohol motifs (C(OH)–C–C–N with tert-alkyl or cyclic N) is 1. The molecule has 3 aliphatic rings. The Balaban J connectivity index is 0.988. The maximum absolute atomic E-state index is 14.9. The minimum Gasteiger partial charge on any atom is -0.493 e. The fraction of sp³-hybridized carbons (Fsp3) is 0.645. The number of carbonyl (C=O) groups is 1. The number of benzene rings is 1. The van der Waals surface area contributed by atoms with E-state index in [0.717, 1.165) is 38.8 Å². The molecule has 3 fully saturated rings. The zero-order chi connectivity index (χ0) is 31.2. The van der Waals surface area contributed by atoms with Crippen LogP contribution in [0.25, 0.3) is 0 Å². The van der Waals surface area contributed by atoms with Crippen LogP contribution in [0.5, 0.6) is 5.75 Å². The molecule has 0 spiro atoms. The van der Waals surface area contributed by atoms with Crippen LogP contribution in [-0.4, -0.2) is 123 Å². The lowest BCUT2D eigenvalue weighted by atomic mass is 9.92. The molecule has 3 aliphatic heterocycles. The Bertz CT molecular complexity index is 1220. The first-order valence-electron chi connectivity index (χ1n) is 15.5. The van der Waals surface area contributed by atoms with Crippen LogP contribution in [0.1, 0.15) is 31.2 Å². The largest absolute Gasteiger partial charge is 0.493 e. The van der Waals surface area contributed by atoms with Crippen molar-refractivity contribution in [1.82, 2.24) is 19.8 Å². The van der Waals surface area contributed by atoms with Gasteiger partial charge in [0.2, 0.25) is 11.9 Å². The van der Waals surface area contributed by atoms with E-state index in [2.05, 4.69) is 14.9 Å². The van der Waals surface area contributed by atoms with Gasteiger partial charge < -0.3 is 35.0 Å². The predicted octanol–water partition coefficient (Wildman–Crippen LogP) is 1.35. The fourth-order valence-electron chi connectivity index (χ4n) is 6.67. The van der Waals surface area contributed by atoms with Gasteiger partial charge in [0.05, 0.1) is 43.2 Å². The van der Waals surface area contributed by atoms with E-state index in [1.54, 1.807) is 29.4 Å². The first kappa shape index (κ1) is 32.8. The van der Waals surface area contributed by atoms with Crippen LogP contribution < -0.4 is 9.64 Å². The number of amides is 1. The number of piperidine rings is 1. The Labute approximate surface area is 262 Å². The predicted molar refractivity (Wildman–Crippen MR) is 162 cm³/mol. The van der Waals surface area contributed by atoms with Crippen molar-refractivity contribution < 1.29 is 34.3 Å². The highest BCUT2D eigenvalue weighted by atomic mass is 35.5. The standard InChI is InChI=1S/C31H43ClFN5O6/c32-24-12-34-31(35-13-24)37-7-5-20(6-8-37)2-1-9-44-25-4-3-21(26(33)11-25)10-29(42)38-16-22-14-36(15-23(22)17-38)18-27(40)30(43)28(41)19-39/h3-4,11-13,20,22-23,27-28,30,39-41,43H,1-2,5-10,14-19H2/t22-,23+,27-,28+,30-/m0/s1. The number of hydrogen-bond donors (Lipinski definition) is 4. The van der Waals surface area contributed by atoms with Gasteiger partial charge in [0.25, 0.3) is 0 Å². The lowest BCUT2D eigenvalue weighted by molar-refractivity contribution is -0.129. The molecule has 0 radical (unpaired) electrons. The van der Waals surface area contributed by atoms with Crippen LogP contribution in [0.15, 0.2) is 30.6 Å². The summed E-state index contributed by atoms with van der Waals surface area (Å²) in [6.45, 7) is 4.31. The van der Waals surface area contributed by atoms with E-state index in [1.807, 2.05) is 4.90 Å². The van der Waals surface area contributed by atoms with Gasteiger partial charge in [-0.2, -0.15) is 0 Å². The van der Waals surface area contributed by atoms with E-state index in [4.69, 9.17) is 21.4 Å². The van der Waals surface area contributed by atoms with E-state index >= 15 is 0 Å². The number of nitrogens with zero attached hydrogens (tertiary/aromatic N) is 5. The quantitative estimate of drug-likeness (QED) is 0.238. The van der Waals surface area contributed by atoms with E-state index in [0.29, 0.717) is 61.0 Å². The minimum atomic E-state index is -1.42. The van der Waals surface area contributed by atoms with Gasteiger partial charge in [-0.3, -0.25) is 9.69 Å². The molecule has 3 saturated heterocycles. The third-order valence-corrected chi connectivity index (χ3v) is 9.43. The molecule has 242 valence electrons. The van der Waals surface area contributed by atoms with Crippen molar-refractivity contribution >= 4 is 23.5 Å². The Hall–Kier alpha value is -2.61. The van der Waals surface area contributed by atoms with E-state index in [1.165, 1.54) is 6.07 Å². The molecule has 5 atom stereocenters. The van der Waals surface area contributed by atoms with Crippen LogP contribution in [0.3, 0.4) is 0 Å². The summed E-state index contributed by atoms with van der Waals surface area (Å²) in [7, 11) is 0. The minimum absolute atomic E-state index is 0.0149. The maximum Gasteiger partial charge on any atom is 0.227 e. The molecule has 4 N–H and O–H groups in total. The summed E-state index contributed by atoms with van der Waals surface area (Å²) in [5.41, 5.74) is 0.344. The molecule has 1 amide bonds. The molecule has 44 heavy (non-hydrogen) atoms. The number of ether oxygens (including phenoxy) is 1. The highest BCUT2D eigenvalue weighted by molar-refractivity contribution is 6.30. The summed E-state index contributed by atoms with van der Waals surface area (Å²) < 4.78 is 20.7. The molecule has 2 aromatic rings. The molecule has 0 unspecified atom stereocenters. The lowest BCUT2D eigenvalue weighted by Gasteiger charge is -2.31. The molecule has 1 aromatic heterocycles. The molecule has 0 saturated carbocycles. The Morgan fingerprint density at radius 1 is 1.05 bits per heavy atom. The van der Waals surface area contributed by atoms with Gasteiger partial charge in [-0.25, -0.2) is 14.4 Å². The lowest BCUT2D eigenvalue weighted by Crippen LogP contribution is -2.46. The summed E-state index contributed by atoms with van der Waals surface area (Å²) in [6.07, 6.45) is 3.27. The van der Waals surface area contributed by atoms with Crippen molar-refractivity contribution in [2.75, 3.05) is 63.9 Å². The van der Waals surface area contributed by atoms with Crippen molar-refractivity contribution in [2.24, 2.45) is 17.8 Å². The molecular weight excluding hydrogens is 593 g/mol. The summed E-state index contributed by atoms with van der Waals surface area (Å²) in [5.74, 6) is 1.68. The number of anilines is 1. The molecule has 11 nitrogen and oxygen atoms in total. The maximum atomic E-state index is 14.9. The molecule has 13 heteroatoms. The number of halogens is 2. The first-order chi connectivity index (χ1) is 21.2. The third-order valence-electron chi connectivity index (χ3n) is 9.23. The molecule has 5 rings (SSSR count). The summed E-state index contributed by atoms with van der Waals surface area (Å²) in [4.78, 5) is 27.6. The fourth-order valence-corrected chi connectivity index (χ4v) is 6.77. The number of rotatable bonds is 13. The number of likely N-dealkylation sites (tertiary alicyclic amines) is 2. The van der Waals surface area contributed by atoms with Gasteiger partial charge in [0, 0.05) is 51.9 Å². The molecule has 0 bridgehead atoms. The average molecular weight is 636 g/mol. The van der Waals surface area contributed by atoms with Crippen molar-refractivity contribution in [3.63, 3.8) is 0 Å². The number of hydrogen-bond acceptors (Lipinski definition) is 10. The van der Waals surface area contributed by atoms with Crippen molar-refractivity contribution in [1.29, 1.82) is 0 Å². The van der Waals surface area contributed by atoms with Crippen LogP contribution in [0, 0.1) is 23.6 Å². The highest BCUT2D eigenvalue weighted by Crippen LogP contribution is 2.32. The number of aliphatic hydroxyl groups excluding tert-OH is 4. The van der Waals surface area contributed by atoms with Gasteiger partial charge >= 0.3 is 0 Å². The molecule has 4 heterocycles. The number of aliphatic hydroxyl groups is 4. The van der Waals surface area contributed by atoms with E-state index in [-0.39, 0.29) is 30.7 Å². The normalized spacial score (nSPS) is 23.0. The number of fused-ring (bicyclic) bond motifs is 1. The second-order valence-electron chi connectivity index (χ2n) is 12.4. The summed E-state index contributed by atoms with van der Waals surface area (Å²) in [6, 6.07) is 4.71. The summed E-state index contributed by atoms with van der Waals surface area (Å²) >= 11 is 5.88. The van der Waals surface area contributed by atoms with Crippen molar-refractivity contribution in [2.45, 2.75) is 50.4 Å². The Morgan fingerprint density at radius 2 is 1.73 bits per heavy atom. The van der Waals surface area contributed by atoms with Gasteiger partial charge in [0.1, 0.15) is 23.8 Å². The highest BCUT2D eigenvalue weighted by Gasteiger charge is 2.42. The smallest absolute Gasteiger partial charge is 0.227 e. The van der Waals surface area contributed by atoms with E-state index < -0.39 is 30.7 Å². The first-order valence-corrected chi connectivity index (χ1v) is 15.9. The van der Waals surface area contributed by atoms with Crippen LogP contribution >= 0.6 is 11.6 Å². The SMILES string of the molecule is O=C(Cc1ccc(OCCCC2CCN(c3ncc(Cl)cn3)CC2)cc1F)N1C[C@H]2CN(C[C@H](O)[C@H](O)[C@H](O)CO)C[C@H]2C1. The zero-order valence-corrected chi connectivity index (χ0v) is 25.6. The number of carbonyl (C=O) groups excluding carboxylic acids is 1. The van der Waals surface area contributed by atoms with Crippen LogP contribution in [0.2, 0.25) is 5.02 Å². The topological polar surface area (TPSA) is 143 Å². The van der Waals surface area contributed by atoms with Crippen molar-refractivity contribution in [3.05, 3.63) is 47.0 Å². The monoisotopic (exact) mass is 635 g/mol. The van der Waals surface area contributed by atoms with E-state index in [9.17, 15) is 24.5 Å². The second kappa shape index (κ2) is 15.1. The molecule has 0 aliphatic carbocycles. The Kier molecular flexibility index (Phi) is 11.3. The van der Waals surface area contributed by atoms with Crippen LogP contribution in [-0.2, 0) is 11.2 Å². The van der Waals surface area contributed by atoms with Gasteiger partial charge in [-0.15, -0.1) is 0 Å². The third kappa shape index (κ3) is 8.35. The van der Waals surface area contributed by atoms with Gasteiger partial charge in [-0.1, -0.05) is 17.7 Å². The Morgan fingerprint density at radius 3 is 2.36 bits per heavy atom. The average Bonchev–Trinajstić information content (AvgIpc) is 3.59. The zero-order valence-electron chi connectivity index (χ0n) is 24.8. The second-order valence-corrected chi connectivity index (χ2v) is 12.8. The van der Waals surface area contributed by atoms with Gasteiger partial charge in [0.15, 0.2) is 0 Å². The molecular formula is C31H43ClFN5O6. The number of aromatic nitrogens is 2. The summed E-state index contributed by atoms with van der Waals surface area (Å²) in [5, 5.41) is 39.1.